The number of amides is 2. The highest BCUT2D eigenvalue weighted by Crippen LogP contribution is 2.33. The third kappa shape index (κ3) is 7.94. The maximum atomic E-state index is 14.4. The van der Waals surface area contributed by atoms with Crippen molar-refractivity contribution in [1.29, 1.82) is 0 Å². The van der Waals surface area contributed by atoms with E-state index in [-0.39, 0.29) is 35.9 Å². The van der Waals surface area contributed by atoms with Gasteiger partial charge in [0.25, 0.3) is 10.0 Å². The average Bonchev–Trinajstić information content (AvgIpc) is 3.03. The van der Waals surface area contributed by atoms with Crippen LogP contribution < -0.4 is 14.4 Å². The fourth-order valence-corrected chi connectivity index (χ4v) is 6.25. The van der Waals surface area contributed by atoms with Crippen LogP contribution in [0.4, 0.5) is 10.1 Å². The van der Waals surface area contributed by atoms with Gasteiger partial charge in [0.1, 0.15) is 24.2 Å². The number of rotatable bonds is 13. The molecular formula is C33H33ClFN3O5S. The number of ether oxygens (including phenoxy) is 1. The number of hydrogen-bond acceptors (Lipinski definition) is 5. The van der Waals surface area contributed by atoms with E-state index >= 15 is 0 Å². The van der Waals surface area contributed by atoms with Gasteiger partial charge in [0, 0.05) is 25.0 Å². The molecule has 0 aromatic heterocycles. The number of nitrogens with zero attached hydrogens (tertiary/aromatic N) is 2. The molecule has 0 aliphatic rings. The number of para-hydroxylation sites is 2. The van der Waals surface area contributed by atoms with Crippen molar-refractivity contribution >= 4 is 39.1 Å². The minimum absolute atomic E-state index is 0.0774. The zero-order valence-electron chi connectivity index (χ0n) is 24.3. The van der Waals surface area contributed by atoms with Gasteiger partial charge in [-0.25, -0.2) is 12.8 Å². The Morgan fingerprint density at radius 3 is 2.16 bits per heavy atom. The molecule has 0 radical (unpaired) electrons. The molecule has 0 aliphatic heterocycles. The van der Waals surface area contributed by atoms with Gasteiger partial charge in [0.15, 0.2) is 0 Å². The lowest BCUT2D eigenvalue weighted by molar-refractivity contribution is -0.139. The average molecular weight is 638 g/mol. The number of carbonyl (C=O) groups excluding carboxylic acids is 2. The maximum absolute atomic E-state index is 14.4. The molecule has 0 unspecified atom stereocenters. The molecule has 1 N–H and O–H groups in total. The SMILES string of the molecule is CCOc1ccccc1N(CC(=O)N(Cc1ccc(F)cc1)[C@H](Cc1ccccc1)C(=O)NC)S(=O)(=O)c1ccc(Cl)cc1. The van der Waals surface area contributed by atoms with Crippen molar-refractivity contribution in [3.63, 3.8) is 0 Å². The van der Waals surface area contributed by atoms with Crippen LogP contribution in [0.3, 0.4) is 0 Å². The molecule has 0 saturated heterocycles. The number of halogens is 2. The van der Waals surface area contributed by atoms with Crippen molar-refractivity contribution in [3.8, 4) is 5.75 Å². The highest BCUT2D eigenvalue weighted by molar-refractivity contribution is 7.92. The summed E-state index contributed by atoms with van der Waals surface area (Å²) in [5.74, 6) is -1.28. The molecule has 0 bridgehead atoms. The van der Waals surface area contributed by atoms with Crippen LogP contribution in [0, 0.1) is 5.82 Å². The van der Waals surface area contributed by atoms with Crippen molar-refractivity contribution in [1.82, 2.24) is 10.2 Å². The van der Waals surface area contributed by atoms with Crippen LogP contribution in [0.1, 0.15) is 18.1 Å². The summed E-state index contributed by atoms with van der Waals surface area (Å²) in [6.45, 7) is 1.29. The summed E-state index contributed by atoms with van der Waals surface area (Å²) in [6.07, 6.45) is 0.160. The lowest BCUT2D eigenvalue weighted by atomic mass is 10.0. The van der Waals surface area contributed by atoms with Gasteiger partial charge in [-0.15, -0.1) is 0 Å². The van der Waals surface area contributed by atoms with Crippen molar-refractivity contribution < 1.29 is 27.1 Å². The van der Waals surface area contributed by atoms with Crippen molar-refractivity contribution in [3.05, 3.63) is 125 Å². The normalized spacial score (nSPS) is 11.8. The highest BCUT2D eigenvalue weighted by Gasteiger charge is 2.35. The Labute approximate surface area is 262 Å². The van der Waals surface area contributed by atoms with Crippen molar-refractivity contribution in [2.24, 2.45) is 0 Å². The van der Waals surface area contributed by atoms with Gasteiger partial charge in [0.05, 0.1) is 17.2 Å². The molecule has 4 aromatic rings. The lowest BCUT2D eigenvalue weighted by Crippen LogP contribution is -2.53. The van der Waals surface area contributed by atoms with Gasteiger partial charge < -0.3 is 15.0 Å². The fraction of sp³-hybridized carbons (Fsp3) is 0.212. The van der Waals surface area contributed by atoms with E-state index in [0.29, 0.717) is 10.6 Å². The highest BCUT2D eigenvalue weighted by atomic mass is 35.5. The second kappa shape index (κ2) is 14.9. The van der Waals surface area contributed by atoms with E-state index < -0.39 is 40.2 Å². The predicted octanol–water partition coefficient (Wildman–Crippen LogP) is 5.46. The van der Waals surface area contributed by atoms with E-state index in [2.05, 4.69) is 5.32 Å². The second-order valence-electron chi connectivity index (χ2n) is 9.83. The van der Waals surface area contributed by atoms with E-state index in [9.17, 15) is 22.4 Å². The van der Waals surface area contributed by atoms with E-state index in [1.165, 1.54) is 60.5 Å². The van der Waals surface area contributed by atoms with Crippen LogP contribution in [-0.4, -0.2) is 51.4 Å². The van der Waals surface area contributed by atoms with Gasteiger partial charge in [0.2, 0.25) is 11.8 Å². The van der Waals surface area contributed by atoms with Gasteiger partial charge in [-0.1, -0.05) is 66.2 Å². The van der Waals surface area contributed by atoms with E-state index in [0.717, 1.165) is 9.87 Å². The Morgan fingerprint density at radius 1 is 0.886 bits per heavy atom. The summed E-state index contributed by atoms with van der Waals surface area (Å²) in [5, 5.41) is 2.98. The standard InChI is InChI=1S/C33H33ClFN3O5S/c1-3-43-31-12-8-7-11-29(31)38(44(41,42)28-19-15-26(34)16-20-28)23-32(39)37(22-25-13-17-27(35)18-14-25)30(33(40)36-2)21-24-9-5-4-6-10-24/h4-20,30H,3,21-23H2,1-2H3,(H,36,40)/t30-/m1/s1. The lowest BCUT2D eigenvalue weighted by Gasteiger charge is -2.34. The maximum Gasteiger partial charge on any atom is 0.264 e. The molecule has 8 nitrogen and oxygen atoms in total. The number of anilines is 1. The zero-order valence-corrected chi connectivity index (χ0v) is 25.9. The summed E-state index contributed by atoms with van der Waals surface area (Å²) < 4.78 is 48.8. The first-order chi connectivity index (χ1) is 21.1. The Morgan fingerprint density at radius 2 is 1.52 bits per heavy atom. The molecule has 4 aromatic carbocycles. The van der Waals surface area contributed by atoms with Gasteiger partial charge in [-0.2, -0.15) is 0 Å². The number of carbonyl (C=O) groups is 2. The topological polar surface area (TPSA) is 96.0 Å². The molecule has 2 amide bonds. The molecule has 0 saturated carbocycles. The number of sulfonamides is 1. The molecule has 11 heteroatoms. The van der Waals surface area contributed by atoms with Gasteiger partial charge in [-0.05, 0) is 66.6 Å². The van der Waals surface area contributed by atoms with E-state index in [1.807, 2.05) is 30.3 Å². The Hall–Kier alpha value is -4.41. The summed E-state index contributed by atoms with van der Waals surface area (Å²) in [6, 6.07) is 25.9. The smallest absolute Gasteiger partial charge is 0.264 e. The molecule has 230 valence electrons. The first kappa shape index (κ1) is 32.5. The Kier molecular flexibility index (Phi) is 11.0. The number of benzene rings is 4. The molecule has 44 heavy (non-hydrogen) atoms. The van der Waals surface area contributed by atoms with Crippen LogP contribution in [0.15, 0.2) is 108 Å². The van der Waals surface area contributed by atoms with E-state index in [4.69, 9.17) is 16.3 Å². The summed E-state index contributed by atoms with van der Waals surface area (Å²) in [7, 11) is -2.86. The fourth-order valence-electron chi connectivity index (χ4n) is 4.69. The minimum Gasteiger partial charge on any atom is -0.492 e. The van der Waals surface area contributed by atoms with Crippen molar-refractivity contribution in [2.75, 3.05) is 24.5 Å². The van der Waals surface area contributed by atoms with Gasteiger partial charge in [-0.3, -0.25) is 13.9 Å². The number of nitrogens with one attached hydrogen (secondary N) is 1. The predicted molar refractivity (Wildman–Crippen MR) is 169 cm³/mol. The molecule has 1 atom stereocenters. The van der Waals surface area contributed by atoms with Gasteiger partial charge >= 0.3 is 0 Å². The largest absolute Gasteiger partial charge is 0.492 e. The Balaban J connectivity index is 1.82. The molecule has 0 aliphatic carbocycles. The summed E-state index contributed by atoms with van der Waals surface area (Å²) >= 11 is 6.03. The molecular weight excluding hydrogens is 605 g/mol. The molecule has 0 spiro atoms. The third-order valence-corrected chi connectivity index (χ3v) is 8.92. The number of likely N-dealkylation sites (N-methyl/N-ethyl adjacent to an activating group) is 1. The monoisotopic (exact) mass is 637 g/mol. The zero-order chi connectivity index (χ0) is 31.7. The Bertz CT molecular complexity index is 1670. The first-order valence-corrected chi connectivity index (χ1v) is 15.8. The van der Waals surface area contributed by atoms with Crippen LogP contribution in [0.2, 0.25) is 5.02 Å². The minimum atomic E-state index is -4.33. The van der Waals surface area contributed by atoms with Crippen LogP contribution in [0.5, 0.6) is 5.75 Å². The number of hydrogen-bond donors (Lipinski definition) is 1. The summed E-state index contributed by atoms with van der Waals surface area (Å²) in [4.78, 5) is 28.9. The quantitative estimate of drug-likeness (QED) is 0.210. The first-order valence-electron chi connectivity index (χ1n) is 13.9. The van der Waals surface area contributed by atoms with Crippen LogP contribution in [-0.2, 0) is 32.6 Å². The van der Waals surface area contributed by atoms with Crippen LogP contribution >= 0.6 is 11.6 Å². The van der Waals surface area contributed by atoms with Crippen LogP contribution in [0.25, 0.3) is 0 Å². The molecule has 0 fully saturated rings. The second-order valence-corrected chi connectivity index (χ2v) is 12.1. The summed E-state index contributed by atoms with van der Waals surface area (Å²) in [5.41, 5.74) is 1.51. The third-order valence-electron chi connectivity index (χ3n) is 6.90. The molecule has 4 rings (SSSR count). The van der Waals surface area contributed by atoms with Crippen molar-refractivity contribution in [2.45, 2.75) is 30.8 Å². The molecule has 0 heterocycles. The van der Waals surface area contributed by atoms with E-state index in [1.54, 1.807) is 31.2 Å².